The molecule has 1 atom stereocenters. The highest BCUT2D eigenvalue weighted by molar-refractivity contribution is 5.80. The van der Waals surface area contributed by atoms with E-state index in [9.17, 15) is 4.79 Å². The van der Waals surface area contributed by atoms with Gasteiger partial charge in [-0.3, -0.25) is 4.79 Å². The fourth-order valence-corrected chi connectivity index (χ4v) is 1.81. The summed E-state index contributed by atoms with van der Waals surface area (Å²) in [4.78, 5) is 13.6. The Bertz CT molecular complexity index is 202. The molecule has 0 aromatic rings. The maximum absolute atomic E-state index is 11.8. The van der Waals surface area contributed by atoms with Gasteiger partial charge >= 0.3 is 0 Å². The predicted molar refractivity (Wildman–Crippen MR) is 56.1 cm³/mol. The van der Waals surface area contributed by atoms with Crippen molar-refractivity contribution in [3.63, 3.8) is 0 Å². The largest absolute Gasteiger partial charge is 0.368 e. The van der Waals surface area contributed by atoms with Crippen LogP contribution in [0.3, 0.4) is 0 Å². The van der Waals surface area contributed by atoms with Gasteiger partial charge in [0.2, 0.25) is 0 Å². The van der Waals surface area contributed by atoms with Crippen LogP contribution in [-0.2, 0) is 9.53 Å². The topological polar surface area (TPSA) is 29.5 Å². The summed E-state index contributed by atoms with van der Waals surface area (Å²) in [7, 11) is 1.86. The Morgan fingerprint density at radius 3 is 2.57 bits per heavy atom. The molecular weight excluding hydrogens is 178 g/mol. The molecule has 82 valence electrons. The third-order valence-corrected chi connectivity index (χ3v) is 2.29. The Morgan fingerprint density at radius 1 is 1.50 bits per heavy atom. The molecule has 0 aliphatic carbocycles. The van der Waals surface area contributed by atoms with Crippen molar-refractivity contribution in [2.24, 2.45) is 5.41 Å². The first-order valence-electron chi connectivity index (χ1n) is 5.27. The van der Waals surface area contributed by atoms with Crippen molar-refractivity contribution in [1.82, 2.24) is 4.90 Å². The number of nitrogens with zero attached hydrogens (tertiary/aromatic N) is 1. The Labute approximate surface area is 86.4 Å². The van der Waals surface area contributed by atoms with Gasteiger partial charge in [0, 0.05) is 20.2 Å². The molecule has 1 saturated heterocycles. The third-order valence-electron chi connectivity index (χ3n) is 2.29. The van der Waals surface area contributed by atoms with E-state index < -0.39 is 0 Å². The van der Waals surface area contributed by atoms with E-state index in [4.69, 9.17) is 4.74 Å². The molecule has 1 fully saturated rings. The van der Waals surface area contributed by atoms with Crippen molar-refractivity contribution < 1.29 is 9.53 Å². The molecule has 3 nitrogen and oxygen atoms in total. The standard InChI is InChI=1S/C11H21NO2/c1-11(2,3)8-12(4)10(13)9-6-5-7-14-9/h9H,5-8H2,1-4H3/t9-/m0/s1. The molecule has 1 amide bonds. The van der Waals surface area contributed by atoms with Gasteiger partial charge in [0.1, 0.15) is 6.10 Å². The fraction of sp³-hybridized carbons (Fsp3) is 0.909. The van der Waals surface area contributed by atoms with Crippen LogP contribution in [0.2, 0.25) is 0 Å². The second-order valence-electron chi connectivity index (χ2n) is 5.26. The molecule has 3 heteroatoms. The van der Waals surface area contributed by atoms with Crippen LogP contribution in [0, 0.1) is 5.41 Å². The zero-order chi connectivity index (χ0) is 10.8. The molecule has 1 heterocycles. The average Bonchev–Trinajstić information content (AvgIpc) is 2.51. The molecular formula is C11H21NO2. The summed E-state index contributed by atoms with van der Waals surface area (Å²) in [5, 5.41) is 0. The molecule has 1 aliphatic rings. The SMILES string of the molecule is CN(CC(C)(C)C)C(=O)[C@@H]1CCCO1. The van der Waals surface area contributed by atoms with Crippen LogP contribution >= 0.6 is 0 Å². The lowest BCUT2D eigenvalue weighted by Crippen LogP contribution is -2.40. The van der Waals surface area contributed by atoms with Crippen LogP contribution in [-0.4, -0.2) is 37.1 Å². The minimum Gasteiger partial charge on any atom is -0.368 e. The summed E-state index contributed by atoms with van der Waals surface area (Å²) in [5.41, 5.74) is 0.156. The summed E-state index contributed by atoms with van der Waals surface area (Å²) < 4.78 is 5.36. The summed E-state index contributed by atoms with van der Waals surface area (Å²) in [6.07, 6.45) is 1.72. The summed E-state index contributed by atoms with van der Waals surface area (Å²) in [6, 6.07) is 0. The number of likely N-dealkylation sites (N-methyl/N-ethyl adjacent to an activating group) is 1. The number of hydrogen-bond acceptors (Lipinski definition) is 2. The molecule has 14 heavy (non-hydrogen) atoms. The monoisotopic (exact) mass is 199 g/mol. The molecule has 0 saturated carbocycles. The first-order valence-corrected chi connectivity index (χ1v) is 5.27. The summed E-state index contributed by atoms with van der Waals surface area (Å²) >= 11 is 0. The van der Waals surface area contributed by atoms with Gasteiger partial charge in [-0.05, 0) is 18.3 Å². The molecule has 0 unspecified atom stereocenters. The van der Waals surface area contributed by atoms with E-state index in [2.05, 4.69) is 20.8 Å². The molecule has 0 aromatic heterocycles. The van der Waals surface area contributed by atoms with Crippen molar-refractivity contribution in [2.75, 3.05) is 20.2 Å². The molecule has 1 rings (SSSR count). The highest BCUT2D eigenvalue weighted by atomic mass is 16.5. The summed E-state index contributed by atoms with van der Waals surface area (Å²) in [6.45, 7) is 7.91. The minimum atomic E-state index is -0.178. The molecule has 0 N–H and O–H groups in total. The lowest BCUT2D eigenvalue weighted by atomic mass is 9.96. The number of carbonyl (C=O) groups is 1. The van der Waals surface area contributed by atoms with Gasteiger partial charge in [-0.1, -0.05) is 20.8 Å². The fourth-order valence-electron chi connectivity index (χ4n) is 1.81. The Kier molecular flexibility index (Phi) is 3.53. The minimum absolute atomic E-state index is 0.137. The van der Waals surface area contributed by atoms with E-state index in [1.165, 1.54) is 0 Å². The Hall–Kier alpha value is -0.570. The van der Waals surface area contributed by atoms with Crippen molar-refractivity contribution >= 4 is 5.91 Å². The summed E-state index contributed by atoms with van der Waals surface area (Å²) in [5.74, 6) is 0.137. The highest BCUT2D eigenvalue weighted by Gasteiger charge is 2.28. The lowest BCUT2D eigenvalue weighted by molar-refractivity contribution is -0.140. The quantitative estimate of drug-likeness (QED) is 0.677. The number of hydrogen-bond donors (Lipinski definition) is 0. The van der Waals surface area contributed by atoms with E-state index in [0.29, 0.717) is 0 Å². The van der Waals surface area contributed by atoms with E-state index in [0.717, 1.165) is 26.0 Å². The zero-order valence-electron chi connectivity index (χ0n) is 9.67. The van der Waals surface area contributed by atoms with Gasteiger partial charge in [0.15, 0.2) is 0 Å². The first kappa shape index (κ1) is 11.5. The maximum atomic E-state index is 11.8. The number of rotatable bonds is 2. The van der Waals surface area contributed by atoms with Crippen molar-refractivity contribution in [3.05, 3.63) is 0 Å². The van der Waals surface area contributed by atoms with E-state index >= 15 is 0 Å². The van der Waals surface area contributed by atoms with E-state index in [1.54, 1.807) is 4.90 Å². The smallest absolute Gasteiger partial charge is 0.251 e. The molecule has 1 aliphatic heterocycles. The van der Waals surface area contributed by atoms with Crippen LogP contribution in [0.1, 0.15) is 33.6 Å². The number of amides is 1. The Balaban J connectivity index is 2.43. The normalized spacial score (nSPS) is 22.4. The van der Waals surface area contributed by atoms with Gasteiger partial charge in [0.25, 0.3) is 5.91 Å². The molecule has 0 bridgehead atoms. The predicted octanol–water partition coefficient (Wildman–Crippen LogP) is 1.67. The second-order valence-corrected chi connectivity index (χ2v) is 5.26. The van der Waals surface area contributed by atoms with Crippen LogP contribution in [0.4, 0.5) is 0 Å². The molecule has 0 spiro atoms. The van der Waals surface area contributed by atoms with E-state index in [-0.39, 0.29) is 17.4 Å². The van der Waals surface area contributed by atoms with Crippen molar-refractivity contribution in [1.29, 1.82) is 0 Å². The zero-order valence-corrected chi connectivity index (χ0v) is 9.67. The van der Waals surface area contributed by atoms with Crippen LogP contribution in [0.5, 0.6) is 0 Å². The van der Waals surface area contributed by atoms with Crippen molar-refractivity contribution in [3.8, 4) is 0 Å². The van der Waals surface area contributed by atoms with Gasteiger partial charge in [-0.2, -0.15) is 0 Å². The van der Waals surface area contributed by atoms with Gasteiger partial charge in [0.05, 0.1) is 0 Å². The van der Waals surface area contributed by atoms with Gasteiger partial charge < -0.3 is 9.64 Å². The first-order chi connectivity index (χ1) is 6.40. The molecule has 0 radical (unpaired) electrons. The van der Waals surface area contributed by atoms with E-state index in [1.807, 2.05) is 7.05 Å². The Morgan fingerprint density at radius 2 is 2.14 bits per heavy atom. The van der Waals surface area contributed by atoms with Crippen LogP contribution in [0.25, 0.3) is 0 Å². The number of carbonyl (C=O) groups excluding carboxylic acids is 1. The van der Waals surface area contributed by atoms with Crippen LogP contribution < -0.4 is 0 Å². The highest BCUT2D eigenvalue weighted by Crippen LogP contribution is 2.18. The number of ether oxygens (including phenoxy) is 1. The molecule has 0 aromatic carbocycles. The lowest BCUT2D eigenvalue weighted by Gasteiger charge is -2.28. The average molecular weight is 199 g/mol. The second kappa shape index (κ2) is 4.30. The third kappa shape index (κ3) is 3.29. The van der Waals surface area contributed by atoms with Gasteiger partial charge in [-0.25, -0.2) is 0 Å². The van der Waals surface area contributed by atoms with Gasteiger partial charge in [-0.15, -0.1) is 0 Å². The van der Waals surface area contributed by atoms with Crippen molar-refractivity contribution in [2.45, 2.75) is 39.7 Å². The maximum Gasteiger partial charge on any atom is 0.251 e. The van der Waals surface area contributed by atoms with Crippen LogP contribution in [0.15, 0.2) is 0 Å².